The molecule has 2 aromatic heterocycles. The lowest BCUT2D eigenvalue weighted by Gasteiger charge is -2.30. The molecule has 0 bridgehead atoms. The molecule has 27 heavy (non-hydrogen) atoms. The van der Waals surface area contributed by atoms with Crippen LogP contribution in [0.15, 0.2) is 36.2 Å². The van der Waals surface area contributed by atoms with E-state index in [9.17, 15) is 9.59 Å². The van der Waals surface area contributed by atoms with Crippen LogP contribution >= 0.6 is 11.3 Å². The standard InChI is InChI=1S/C20H26N4O2S/c1-15(19-6-4-10-27-19)20(26)23-8-3-5-18(7-9-23)24(16(2)25)13-17-11-21-14-22-12-17/h4,6,10-12,14-15,18H,3,5,7-9,13H2,1-2H3. The molecule has 1 fully saturated rings. The summed E-state index contributed by atoms with van der Waals surface area (Å²) < 4.78 is 0. The molecule has 7 heteroatoms. The van der Waals surface area contributed by atoms with Crippen LogP contribution in [0.25, 0.3) is 0 Å². The second-order valence-electron chi connectivity index (χ2n) is 7.04. The van der Waals surface area contributed by atoms with E-state index in [2.05, 4.69) is 9.97 Å². The SMILES string of the molecule is CC(=O)N(Cc1cncnc1)C1CCCN(C(=O)C(C)c2cccs2)CC1. The van der Waals surface area contributed by atoms with Gasteiger partial charge in [0.15, 0.2) is 0 Å². The van der Waals surface area contributed by atoms with Crippen molar-refractivity contribution in [3.8, 4) is 0 Å². The summed E-state index contributed by atoms with van der Waals surface area (Å²) in [6.07, 6.45) is 7.60. The lowest BCUT2D eigenvalue weighted by Crippen LogP contribution is -2.40. The van der Waals surface area contributed by atoms with Gasteiger partial charge in [0, 0.05) is 55.4 Å². The van der Waals surface area contributed by atoms with Crippen molar-refractivity contribution in [3.05, 3.63) is 46.7 Å². The van der Waals surface area contributed by atoms with Crippen LogP contribution in [0.3, 0.4) is 0 Å². The molecule has 6 nitrogen and oxygen atoms in total. The first-order valence-corrected chi connectivity index (χ1v) is 10.3. The summed E-state index contributed by atoms with van der Waals surface area (Å²) in [5.41, 5.74) is 0.927. The van der Waals surface area contributed by atoms with Gasteiger partial charge in [-0.3, -0.25) is 9.59 Å². The fraction of sp³-hybridized carbons (Fsp3) is 0.500. The number of carbonyl (C=O) groups is 2. The van der Waals surface area contributed by atoms with Crippen LogP contribution in [-0.2, 0) is 16.1 Å². The molecule has 2 amide bonds. The smallest absolute Gasteiger partial charge is 0.230 e. The Morgan fingerprint density at radius 3 is 2.74 bits per heavy atom. The molecule has 0 aliphatic carbocycles. The fourth-order valence-corrected chi connectivity index (χ4v) is 4.43. The van der Waals surface area contributed by atoms with Crippen molar-refractivity contribution >= 4 is 23.2 Å². The zero-order valence-electron chi connectivity index (χ0n) is 15.9. The first kappa shape index (κ1) is 19.5. The Morgan fingerprint density at radius 1 is 1.30 bits per heavy atom. The van der Waals surface area contributed by atoms with E-state index in [0.29, 0.717) is 13.1 Å². The van der Waals surface area contributed by atoms with Crippen molar-refractivity contribution < 1.29 is 9.59 Å². The van der Waals surface area contributed by atoms with Crippen LogP contribution in [-0.4, -0.2) is 50.7 Å². The predicted molar refractivity (Wildman–Crippen MR) is 105 cm³/mol. The Morgan fingerprint density at radius 2 is 2.07 bits per heavy atom. The Bertz CT molecular complexity index is 751. The molecule has 0 saturated carbocycles. The van der Waals surface area contributed by atoms with Crippen LogP contribution in [0, 0.1) is 0 Å². The minimum absolute atomic E-state index is 0.0515. The van der Waals surface area contributed by atoms with E-state index >= 15 is 0 Å². The van der Waals surface area contributed by atoms with Gasteiger partial charge in [0.2, 0.25) is 11.8 Å². The molecule has 0 radical (unpaired) electrons. The maximum atomic E-state index is 12.9. The molecule has 1 saturated heterocycles. The van der Waals surface area contributed by atoms with Crippen molar-refractivity contribution in [2.45, 2.75) is 51.6 Å². The van der Waals surface area contributed by atoms with Gasteiger partial charge in [-0.25, -0.2) is 9.97 Å². The van der Waals surface area contributed by atoms with Gasteiger partial charge in [-0.15, -0.1) is 11.3 Å². The summed E-state index contributed by atoms with van der Waals surface area (Å²) in [7, 11) is 0. The molecule has 0 N–H and O–H groups in total. The highest BCUT2D eigenvalue weighted by atomic mass is 32.1. The highest BCUT2D eigenvalue weighted by molar-refractivity contribution is 7.10. The zero-order valence-corrected chi connectivity index (χ0v) is 16.7. The predicted octanol–water partition coefficient (Wildman–Crippen LogP) is 3.07. The van der Waals surface area contributed by atoms with Crippen molar-refractivity contribution in [3.63, 3.8) is 0 Å². The van der Waals surface area contributed by atoms with Gasteiger partial charge in [-0.05, 0) is 37.6 Å². The number of rotatable bonds is 5. The number of amides is 2. The fourth-order valence-electron chi connectivity index (χ4n) is 3.65. The number of thiophene rings is 1. The van der Waals surface area contributed by atoms with Crippen LogP contribution in [0.4, 0.5) is 0 Å². The minimum atomic E-state index is -0.105. The van der Waals surface area contributed by atoms with Gasteiger partial charge in [-0.2, -0.15) is 0 Å². The van der Waals surface area contributed by atoms with Gasteiger partial charge in [-0.1, -0.05) is 6.07 Å². The molecule has 0 spiro atoms. The molecule has 2 atom stereocenters. The summed E-state index contributed by atoms with van der Waals surface area (Å²) in [6.45, 7) is 5.55. The normalized spacial score (nSPS) is 18.6. The molecule has 0 aromatic carbocycles. The average Bonchev–Trinajstić information content (AvgIpc) is 3.11. The van der Waals surface area contributed by atoms with E-state index in [-0.39, 0.29) is 23.8 Å². The quantitative estimate of drug-likeness (QED) is 0.792. The van der Waals surface area contributed by atoms with Crippen molar-refractivity contribution in [2.75, 3.05) is 13.1 Å². The van der Waals surface area contributed by atoms with Crippen molar-refractivity contribution in [1.82, 2.24) is 19.8 Å². The molecule has 144 valence electrons. The first-order chi connectivity index (χ1) is 13.1. The third-order valence-corrected chi connectivity index (χ3v) is 6.22. The molecule has 3 rings (SSSR count). The van der Waals surface area contributed by atoms with Gasteiger partial charge < -0.3 is 9.80 Å². The minimum Gasteiger partial charge on any atom is -0.342 e. The topological polar surface area (TPSA) is 66.4 Å². The van der Waals surface area contributed by atoms with Crippen molar-refractivity contribution in [2.24, 2.45) is 0 Å². The summed E-state index contributed by atoms with van der Waals surface area (Å²) in [5, 5.41) is 2.01. The second kappa shape index (κ2) is 9.08. The van der Waals surface area contributed by atoms with E-state index in [1.165, 1.54) is 6.33 Å². The monoisotopic (exact) mass is 386 g/mol. The summed E-state index contributed by atoms with van der Waals surface area (Å²) >= 11 is 1.63. The molecule has 2 aromatic rings. The van der Waals surface area contributed by atoms with Gasteiger partial charge >= 0.3 is 0 Å². The Balaban J connectivity index is 1.64. The van der Waals surface area contributed by atoms with Gasteiger partial charge in [0.25, 0.3) is 0 Å². The lowest BCUT2D eigenvalue weighted by atomic mass is 10.1. The van der Waals surface area contributed by atoms with Crippen molar-refractivity contribution in [1.29, 1.82) is 0 Å². The molecular formula is C20H26N4O2S. The number of hydrogen-bond donors (Lipinski definition) is 0. The number of nitrogens with zero attached hydrogens (tertiary/aromatic N) is 4. The molecule has 2 unspecified atom stereocenters. The number of carbonyl (C=O) groups excluding carboxylic acids is 2. The number of aromatic nitrogens is 2. The Hall–Kier alpha value is -2.28. The van der Waals surface area contributed by atoms with Crippen LogP contribution < -0.4 is 0 Å². The zero-order chi connectivity index (χ0) is 19.2. The van der Waals surface area contributed by atoms with E-state index in [1.807, 2.05) is 34.2 Å². The van der Waals surface area contributed by atoms with E-state index in [4.69, 9.17) is 0 Å². The third kappa shape index (κ3) is 4.91. The number of likely N-dealkylation sites (tertiary alicyclic amines) is 1. The lowest BCUT2D eigenvalue weighted by molar-refractivity contribution is -0.132. The molecule has 1 aliphatic heterocycles. The average molecular weight is 387 g/mol. The van der Waals surface area contributed by atoms with Gasteiger partial charge in [0.05, 0.1) is 5.92 Å². The third-order valence-electron chi connectivity index (χ3n) is 5.16. The Labute approximate surface area is 164 Å². The summed E-state index contributed by atoms with van der Waals surface area (Å²) in [4.78, 5) is 38.2. The summed E-state index contributed by atoms with van der Waals surface area (Å²) in [5.74, 6) is 0.131. The molecule has 1 aliphatic rings. The highest BCUT2D eigenvalue weighted by Crippen LogP contribution is 2.25. The molecular weight excluding hydrogens is 360 g/mol. The van der Waals surface area contributed by atoms with E-state index in [1.54, 1.807) is 30.7 Å². The van der Waals surface area contributed by atoms with Crippen LogP contribution in [0.2, 0.25) is 0 Å². The van der Waals surface area contributed by atoms with E-state index < -0.39 is 0 Å². The maximum Gasteiger partial charge on any atom is 0.230 e. The first-order valence-electron chi connectivity index (χ1n) is 9.39. The molecule has 3 heterocycles. The maximum absolute atomic E-state index is 12.9. The highest BCUT2D eigenvalue weighted by Gasteiger charge is 2.29. The Kier molecular flexibility index (Phi) is 6.55. The summed E-state index contributed by atoms with van der Waals surface area (Å²) in [6, 6.07) is 4.14. The second-order valence-corrected chi connectivity index (χ2v) is 8.02. The van der Waals surface area contributed by atoms with Crippen LogP contribution in [0.5, 0.6) is 0 Å². The van der Waals surface area contributed by atoms with Crippen LogP contribution in [0.1, 0.15) is 49.5 Å². The van der Waals surface area contributed by atoms with E-state index in [0.717, 1.165) is 36.2 Å². The van der Waals surface area contributed by atoms with Gasteiger partial charge in [0.1, 0.15) is 6.33 Å². The largest absolute Gasteiger partial charge is 0.342 e. The number of hydrogen-bond acceptors (Lipinski definition) is 5.